The highest BCUT2D eigenvalue weighted by molar-refractivity contribution is 5.40. The fourth-order valence-electron chi connectivity index (χ4n) is 1.47. The highest BCUT2D eigenvalue weighted by atomic mass is 16.5. The largest absolute Gasteiger partial charge is 0.377 e. The first-order chi connectivity index (χ1) is 8.00. The van der Waals surface area contributed by atoms with E-state index in [0.29, 0.717) is 6.61 Å². The second kappa shape index (κ2) is 6.57. The molecule has 4 heteroatoms. The van der Waals surface area contributed by atoms with Crippen LogP contribution in [0.5, 0.6) is 0 Å². The van der Waals surface area contributed by atoms with Gasteiger partial charge in [0.25, 0.3) is 0 Å². The Balaban J connectivity index is 2.56. The number of ether oxygens (including phenoxy) is 1. The van der Waals surface area contributed by atoms with Crippen molar-refractivity contribution in [1.82, 2.24) is 4.98 Å². The summed E-state index contributed by atoms with van der Waals surface area (Å²) in [6, 6.07) is 4.02. The molecule has 0 fully saturated rings. The van der Waals surface area contributed by atoms with Crippen molar-refractivity contribution in [2.45, 2.75) is 32.9 Å². The van der Waals surface area contributed by atoms with E-state index in [-0.39, 0.29) is 12.1 Å². The van der Waals surface area contributed by atoms with Crippen LogP contribution in [0.2, 0.25) is 0 Å². The zero-order valence-electron chi connectivity index (χ0n) is 11.2. The van der Waals surface area contributed by atoms with Crippen molar-refractivity contribution in [3.63, 3.8) is 0 Å². The van der Waals surface area contributed by atoms with Gasteiger partial charge in [-0.15, -0.1) is 0 Å². The van der Waals surface area contributed by atoms with Gasteiger partial charge in [0.15, 0.2) is 0 Å². The van der Waals surface area contributed by atoms with Gasteiger partial charge in [0, 0.05) is 25.8 Å². The average Bonchev–Trinajstić information content (AvgIpc) is 2.28. The molecule has 1 aromatic heterocycles. The maximum Gasteiger partial charge on any atom is 0.128 e. The minimum atomic E-state index is 0.0389. The molecule has 0 saturated heterocycles. The van der Waals surface area contributed by atoms with Gasteiger partial charge in [-0.1, -0.05) is 0 Å². The molecule has 2 N–H and O–H groups in total. The van der Waals surface area contributed by atoms with E-state index in [0.717, 1.165) is 17.9 Å². The van der Waals surface area contributed by atoms with E-state index in [1.807, 2.05) is 40.0 Å². The summed E-state index contributed by atoms with van der Waals surface area (Å²) in [5.41, 5.74) is 6.95. The number of rotatable bonds is 6. The van der Waals surface area contributed by atoms with Crippen LogP contribution in [0.15, 0.2) is 18.3 Å². The predicted octanol–water partition coefficient (Wildman–Crippen LogP) is 1.96. The molecule has 0 aromatic carbocycles. The highest BCUT2D eigenvalue weighted by Gasteiger charge is 2.06. The van der Waals surface area contributed by atoms with Gasteiger partial charge in [0.2, 0.25) is 0 Å². The number of pyridine rings is 1. The smallest absolute Gasteiger partial charge is 0.128 e. The van der Waals surface area contributed by atoms with Gasteiger partial charge in [-0.3, -0.25) is 0 Å². The molecule has 1 heterocycles. The van der Waals surface area contributed by atoms with Crippen LogP contribution in [0.3, 0.4) is 0 Å². The van der Waals surface area contributed by atoms with Crippen molar-refractivity contribution >= 4 is 5.82 Å². The normalized spacial score (nSPS) is 12.8. The Morgan fingerprint density at radius 3 is 2.71 bits per heavy atom. The Morgan fingerprint density at radius 2 is 2.12 bits per heavy atom. The topological polar surface area (TPSA) is 51.4 Å². The first-order valence-corrected chi connectivity index (χ1v) is 6.05. The van der Waals surface area contributed by atoms with Gasteiger partial charge in [-0.25, -0.2) is 4.98 Å². The predicted molar refractivity (Wildman–Crippen MR) is 71.2 cm³/mol. The lowest BCUT2D eigenvalue weighted by molar-refractivity contribution is 0.0845. The lowest BCUT2D eigenvalue weighted by atomic mass is 10.1. The summed E-state index contributed by atoms with van der Waals surface area (Å²) in [6.07, 6.45) is 2.07. The van der Waals surface area contributed by atoms with Gasteiger partial charge in [-0.2, -0.15) is 0 Å². The fraction of sp³-hybridized carbons (Fsp3) is 0.615. The third kappa shape index (κ3) is 4.71. The Hall–Kier alpha value is -1.13. The Morgan fingerprint density at radius 1 is 1.41 bits per heavy atom. The first-order valence-electron chi connectivity index (χ1n) is 6.05. The summed E-state index contributed by atoms with van der Waals surface area (Å²) < 4.78 is 5.52. The second-order valence-electron chi connectivity index (χ2n) is 4.58. The van der Waals surface area contributed by atoms with Gasteiger partial charge in [0.05, 0.1) is 12.7 Å². The van der Waals surface area contributed by atoms with Crippen molar-refractivity contribution in [3.05, 3.63) is 23.9 Å². The molecule has 1 unspecified atom stereocenters. The van der Waals surface area contributed by atoms with Crippen molar-refractivity contribution in [1.29, 1.82) is 0 Å². The molecule has 1 rings (SSSR count). The van der Waals surface area contributed by atoms with Crippen LogP contribution in [0.4, 0.5) is 5.82 Å². The van der Waals surface area contributed by atoms with Crippen LogP contribution in [0, 0.1) is 0 Å². The number of hydrogen-bond acceptors (Lipinski definition) is 4. The number of likely N-dealkylation sites (N-methyl/N-ethyl adjacent to an activating group) is 1. The number of aromatic nitrogens is 1. The van der Waals surface area contributed by atoms with E-state index in [1.54, 1.807) is 6.20 Å². The highest BCUT2D eigenvalue weighted by Crippen LogP contribution is 2.15. The number of nitrogens with two attached hydrogens (primary N) is 1. The van der Waals surface area contributed by atoms with E-state index in [2.05, 4.69) is 9.88 Å². The maximum atomic E-state index is 5.85. The lowest BCUT2D eigenvalue weighted by Crippen LogP contribution is -2.25. The molecular weight excluding hydrogens is 214 g/mol. The molecule has 0 aliphatic rings. The maximum absolute atomic E-state index is 5.85. The zero-order chi connectivity index (χ0) is 12.8. The summed E-state index contributed by atoms with van der Waals surface area (Å²) in [5, 5.41) is 0. The quantitative estimate of drug-likeness (QED) is 0.821. The monoisotopic (exact) mass is 237 g/mol. The van der Waals surface area contributed by atoms with Crippen LogP contribution in [-0.4, -0.2) is 31.3 Å². The molecule has 17 heavy (non-hydrogen) atoms. The van der Waals surface area contributed by atoms with E-state index in [1.165, 1.54) is 0 Å². The van der Waals surface area contributed by atoms with Gasteiger partial charge >= 0.3 is 0 Å². The Bertz CT molecular complexity index is 339. The summed E-state index contributed by atoms with van der Waals surface area (Å²) in [7, 11) is 2.01. The molecular formula is C13H23N3O. The van der Waals surface area contributed by atoms with E-state index in [9.17, 15) is 0 Å². The van der Waals surface area contributed by atoms with Gasteiger partial charge < -0.3 is 15.4 Å². The van der Waals surface area contributed by atoms with Crippen LogP contribution in [-0.2, 0) is 4.74 Å². The van der Waals surface area contributed by atoms with Crippen LogP contribution in [0.25, 0.3) is 0 Å². The molecule has 4 nitrogen and oxygen atoms in total. The van der Waals surface area contributed by atoms with Crippen molar-refractivity contribution in [2.24, 2.45) is 5.73 Å². The molecule has 1 atom stereocenters. The SMILES string of the molecule is CC(C)OCCN(C)c1cc(C(C)N)ccn1. The number of anilines is 1. The minimum absolute atomic E-state index is 0.0389. The molecule has 0 spiro atoms. The van der Waals surface area contributed by atoms with Crippen molar-refractivity contribution in [3.8, 4) is 0 Å². The summed E-state index contributed by atoms with van der Waals surface area (Å²) in [5.74, 6) is 0.937. The average molecular weight is 237 g/mol. The minimum Gasteiger partial charge on any atom is -0.377 e. The third-order valence-electron chi connectivity index (χ3n) is 2.56. The zero-order valence-corrected chi connectivity index (χ0v) is 11.2. The molecule has 0 saturated carbocycles. The summed E-state index contributed by atoms with van der Waals surface area (Å²) in [6.45, 7) is 7.58. The number of hydrogen-bond donors (Lipinski definition) is 1. The Kier molecular flexibility index (Phi) is 5.38. The third-order valence-corrected chi connectivity index (χ3v) is 2.56. The van der Waals surface area contributed by atoms with Crippen LogP contribution >= 0.6 is 0 Å². The van der Waals surface area contributed by atoms with Crippen molar-refractivity contribution < 1.29 is 4.74 Å². The van der Waals surface area contributed by atoms with Crippen LogP contribution in [0.1, 0.15) is 32.4 Å². The number of nitrogens with zero attached hydrogens (tertiary/aromatic N) is 2. The summed E-state index contributed by atoms with van der Waals surface area (Å²) >= 11 is 0. The standard InChI is InChI=1S/C13H23N3O/c1-10(2)17-8-7-16(4)13-9-12(11(3)14)5-6-15-13/h5-6,9-11H,7-8,14H2,1-4H3. The lowest BCUT2D eigenvalue weighted by Gasteiger charge is -2.20. The van der Waals surface area contributed by atoms with Gasteiger partial charge in [0.1, 0.15) is 5.82 Å². The van der Waals surface area contributed by atoms with Gasteiger partial charge in [-0.05, 0) is 38.5 Å². The van der Waals surface area contributed by atoms with E-state index >= 15 is 0 Å². The Labute approximate surface area is 104 Å². The van der Waals surface area contributed by atoms with E-state index < -0.39 is 0 Å². The van der Waals surface area contributed by atoms with Crippen LogP contribution < -0.4 is 10.6 Å². The van der Waals surface area contributed by atoms with Crippen molar-refractivity contribution in [2.75, 3.05) is 25.1 Å². The molecule has 0 aliphatic heterocycles. The summed E-state index contributed by atoms with van der Waals surface area (Å²) in [4.78, 5) is 6.41. The fourth-order valence-corrected chi connectivity index (χ4v) is 1.47. The molecule has 0 aliphatic carbocycles. The molecule has 0 amide bonds. The molecule has 0 radical (unpaired) electrons. The first kappa shape index (κ1) is 13.9. The second-order valence-corrected chi connectivity index (χ2v) is 4.58. The van der Waals surface area contributed by atoms with E-state index in [4.69, 9.17) is 10.5 Å². The molecule has 96 valence electrons. The molecule has 0 bridgehead atoms. The molecule has 1 aromatic rings.